The van der Waals surface area contributed by atoms with Crippen molar-refractivity contribution in [1.82, 2.24) is 0 Å². The second kappa shape index (κ2) is 5.73. The molecule has 0 fully saturated rings. The van der Waals surface area contributed by atoms with Gasteiger partial charge in [-0.2, -0.15) is 0 Å². The number of aliphatic hydroxyl groups excluding tert-OH is 1. The first-order valence-electron chi connectivity index (χ1n) is 5.25. The summed E-state index contributed by atoms with van der Waals surface area (Å²) in [6, 6.07) is 9.29. The predicted molar refractivity (Wildman–Crippen MR) is 60.5 cm³/mol. The fraction of sp³-hybridized carbons (Fsp3) is 0.500. The van der Waals surface area contributed by atoms with Crippen LogP contribution in [-0.4, -0.2) is 17.4 Å². The minimum Gasteiger partial charge on any atom is -0.473 e. The number of hydrogen-bond acceptors (Lipinski definition) is 3. The van der Waals surface area contributed by atoms with Gasteiger partial charge in [0.15, 0.2) is 6.23 Å². The maximum atomic E-state index is 9.70. The van der Waals surface area contributed by atoms with Gasteiger partial charge < -0.3 is 9.84 Å². The molecule has 84 valence electrons. The van der Waals surface area contributed by atoms with E-state index in [4.69, 9.17) is 10.5 Å². The van der Waals surface area contributed by atoms with E-state index in [2.05, 4.69) is 0 Å². The molecule has 0 spiro atoms. The first-order chi connectivity index (χ1) is 7.09. The van der Waals surface area contributed by atoms with E-state index in [0.717, 1.165) is 0 Å². The van der Waals surface area contributed by atoms with Crippen LogP contribution in [0.4, 0.5) is 0 Å². The Hall–Kier alpha value is -1.06. The molecule has 1 aromatic rings. The van der Waals surface area contributed by atoms with Crippen molar-refractivity contribution in [2.45, 2.75) is 32.6 Å². The first kappa shape index (κ1) is 12.0. The van der Waals surface area contributed by atoms with Gasteiger partial charge in [-0.05, 0) is 24.5 Å². The predicted octanol–water partition coefficient (Wildman–Crippen LogP) is 1.76. The summed E-state index contributed by atoms with van der Waals surface area (Å²) in [5.74, 6) is 1.10. The van der Waals surface area contributed by atoms with Crippen molar-refractivity contribution < 1.29 is 9.84 Å². The number of benzene rings is 1. The Balaban J connectivity index is 2.45. The van der Waals surface area contributed by atoms with Crippen LogP contribution in [0.25, 0.3) is 0 Å². The number of para-hydroxylation sites is 1. The molecule has 0 aliphatic rings. The summed E-state index contributed by atoms with van der Waals surface area (Å²) >= 11 is 0. The van der Waals surface area contributed by atoms with Gasteiger partial charge in [-0.3, -0.25) is 5.73 Å². The third-order valence-corrected chi connectivity index (χ3v) is 2.11. The molecule has 3 heteroatoms. The molecule has 15 heavy (non-hydrogen) atoms. The quantitative estimate of drug-likeness (QED) is 0.726. The molecule has 1 aromatic carbocycles. The van der Waals surface area contributed by atoms with E-state index in [9.17, 15) is 5.11 Å². The largest absolute Gasteiger partial charge is 0.473 e. The average molecular weight is 209 g/mol. The number of hydrogen-bond donors (Lipinski definition) is 2. The third kappa shape index (κ3) is 4.32. The molecule has 3 N–H and O–H groups in total. The fourth-order valence-electron chi connectivity index (χ4n) is 1.35. The monoisotopic (exact) mass is 209 g/mol. The summed E-state index contributed by atoms with van der Waals surface area (Å²) in [5, 5.41) is 9.70. The molecule has 1 rings (SSSR count). The zero-order chi connectivity index (χ0) is 11.3. The van der Waals surface area contributed by atoms with Gasteiger partial charge in [0.05, 0.1) is 0 Å². The summed E-state index contributed by atoms with van der Waals surface area (Å²) in [6.45, 7) is 4.08. The smallest absolute Gasteiger partial charge is 0.173 e. The average Bonchev–Trinajstić information content (AvgIpc) is 2.18. The van der Waals surface area contributed by atoms with E-state index in [-0.39, 0.29) is 0 Å². The van der Waals surface area contributed by atoms with Gasteiger partial charge in [0, 0.05) is 0 Å². The Morgan fingerprint density at radius 2 is 1.87 bits per heavy atom. The minimum atomic E-state index is -0.658. The van der Waals surface area contributed by atoms with Gasteiger partial charge in [-0.25, -0.2) is 0 Å². The molecule has 0 saturated carbocycles. The van der Waals surface area contributed by atoms with Crippen molar-refractivity contribution >= 4 is 0 Å². The minimum absolute atomic E-state index is 0.408. The molecule has 0 aliphatic carbocycles. The molecule has 2 atom stereocenters. The lowest BCUT2D eigenvalue weighted by atomic mass is 10.1. The van der Waals surface area contributed by atoms with Crippen LogP contribution < -0.4 is 10.5 Å². The van der Waals surface area contributed by atoms with E-state index < -0.39 is 12.3 Å². The Morgan fingerprint density at radius 1 is 1.27 bits per heavy atom. The Labute approximate surface area is 90.9 Å². The van der Waals surface area contributed by atoms with Gasteiger partial charge in [-0.1, -0.05) is 32.0 Å². The van der Waals surface area contributed by atoms with Crippen LogP contribution in [0.15, 0.2) is 30.3 Å². The van der Waals surface area contributed by atoms with E-state index in [1.807, 2.05) is 44.2 Å². The molecular formula is C12H19NO2. The normalized spacial score (nSPS) is 15.0. The molecule has 0 aliphatic heterocycles. The standard InChI is InChI=1S/C12H19NO2/c1-9(2)8-11(14)12(13)15-10-6-4-3-5-7-10/h3-7,9,11-12,14H,8,13H2,1-2H3. The Bertz CT molecular complexity index is 274. The fourth-order valence-corrected chi connectivity index (χ4v) is 1.35. The van der Waals surface area contributed by atoms with E-state index in [1.165, 1.54) is 0 Å². The molecule has 0 saturated heterocycles. The molecule has 0 amide bonds. The number of nitrogens with two attached hydrogens (primary N) is 1. The van der Waals surface area contributed by atoms with Gasteiger partial charge in [0.2, 0.25) is 0 Å². The lowest BCUT2D eigenvalue weighted by Crippen LogP contribution is -2.40. The number of rotatable bonds is 5. The van der Waals surface area contributed by atoms with Crippen molar-refractivity contribution in [2.24, 2.45) is 11.7 Å². The summed E-state index contributed by atoms with van der Waals surface area (Å²) in [4.78, 5) is 0. The SMILES string of the molecule is CC(C)CC(O)C(N)Oc1ccccc1. The van der Waals surface area contributed by atoms with Crippen molar-refractivity contribution in [3.8, 4) is 5.75 Å². The van der Waals surface area contributed by atoms with Crippen LogP contribution in [0, 0.1) is 5.92 Å². The zero-order valence-corrected chi connectivity index (χ0v) is 9.26. The molecular weight excluding hydrogens is 190 g/mol. The van der Waals surface area contributed by atoms with Crippen molar-refractivity contribution in [3.63, 3.8) is 0 Å². The third-order valence-electron chi connectivity index (χ3n) is 2.11. The van der Waals surface area contributed by atoms with Gasteiger partial charge in [0.25, 0.3) is 0 Å². The van der Waals surface area contributed by atoms with Crippen LogP contribution >= 0.6 is 0 Å². The summed E-state index contributed by atoms with van der Waals surface area (Å²) in [5.41, 5.74) is 5.73. The molecule has 0 aromatic heterocycles. The first-order valence-corrected chi connectivity index (χ1v) is 5.25. The maximum Gasteiger partial charge on any atom is 0.173 e. The lowest BCUT2D eigenvalue weighted by Gasteiger charge is -2.21. The van der Waals surface area contributed by atoms with Crippen LogP contribution in [0.3, 0.4) is 0 Å². The van der Waals surface area contributed by atoms with Crippen LogP contribution in [0.1, 0.15) is 20.3 Å². The van der Waals surface area contributed by atoms with Crippen molar-refractivity contribution in [1.29, 1.82) is 0 Å². The van der Waals surface area contributed by atoms with E-state index in [1.54, 1.807) is 0 Å². The van der Waals surface area contributed by atoms with E-state index in [0.29, 0.717) is 18.1 Å². The molecule has 3 nitrogen and oxygen atoms in total. The highest BCUT2D eigenvalue weighted by Gasteiger charge is 2.17. The highest BCUT2D eigenvalue weighted by Crippen LogP contribution is 2.13. The maximum absolute atomic E-state index is 9.70. The van der Waals surface area contributed by atoms with E-state index >= 15 is 0 Å². The Morgan fingerprint density at radius 3 is 2.40 bits per heavy atom. The van der Waals surface area contributed by atoms with Crippen LogP contribution in [0.5, 0.6) is 5.75 Å². The summed E-state index contributed by atoms with van der Waals surface area (Å²) in [7, 11) is 0. The van der Waals surface area contributed by atoms with Crippen LogP contribution in [-0.2, 0) is 0 Å². The highest BCUT2D eigenvalue weighted by molar-refractivity contribution is 5.21. The van der Waals surface area contributed by atoms with Crippen molar-refractivity contribution in [3.05, 3.63) is 30.3 Å². The molecule has 0 heterocycles. The number of ether oxygens (including phenoxy) is 1. The second-order valence-corrected chi connectivity index (χ2v) is 4.09. The van der Waals surface area contributed by atoms with Crippen LogP contribution in [0.2, 0.25) is 0 Å². The van der Waals surface area contributed by atoms with Gasteiger partial charge in [0.1, 0.15) is 11.9 Å². The van der Waals surface area contributed by atoms with Gasteiger partial charge in [-0.15, -0.1) is 0 Å². The van der Waals surface area contributed by atoms with Crippen molar-refractivity contribution in [2.75, 3.05) is 0 Å². The second-order valence-electron chi connectivity index (χ2n) is 4.09. The zero-order valence-electron chi connectivity index (χ0n) is 9.26. The molecule has 0 bridgehead atoms. The van der Waals surface area contributed by atoms with Gasteiger partial charge >= 0.3 is 0 Å². The highest BCUT2D eigenvalue weighted by atomic mass is 16.5. The number of aliphatic hydroxyl groups is 1. The molecule has 2 unspecified atom stereocenters. The lowest BCUT2D eigenvalue weighted by molar-refractivity contribution is 0.0268. The summed E-state index contributed by atoms with van der Waals surface area (Å²) < 4.78 is 5.40. The topological polar surface area (TPSA) is 55.5 Å². The molecule has 0 radical (unpaired) electrons. The Kier molecular flexibility index (Phi) is 4.59. The summed E-state index contributed by atoms with van der Waals surface area (Å²) in [6.07, 6.45) is -0.631.